The molecular formula is C20H19N5O3. The molecule has 142 valence electrons. The molecule has 3 N–H and O–H groups in total. The summed E-state index contributed by atoms with van der Waals surface area (Å²) in [6.45, 7) is 3.59. The van der Waals surface area contributed by atoms with Crippen molar-refractivity contribution in [3.05, 3.63) is 48.8 Å². The Morgan fingerprint density at radius 1 is 1.11 bits per heavy atom. The Labute approximate surface area is 161 Å². The molecular weight excluding hydrogens is 358 g/mol. The lowest BCUT2D eigenvalue weighted by Gasteiger charge is -2.06. The standard InChI is InChI=1S/C20H19N5O3/c1-20(2)14(15(20)19(27)28)18(26)22-13-7-5-11(6-8-13)16-23-17(25-24-16)12-4-3-9-21-10-12/h3-10,14-15H,1-2H3,(H,22,26)(H,27,28)(H,23,24,25). The van der Waals surface area contributed by atoms with Gasteiger partial charge in [0, 0.05) is 29.2 Å². The number of hydrogen-bond donors (Lipinski definition) is 3. The Morgan fingerprint density at radius 3 is 2.46 bits per heavy atom. The fourth-order valence-corrected chi connectivity index (χ4v) is 3.53. The molecule has 2 aromatic heterocycles. The summed E-state index contributed by atoms with van der Waals surface area (Å²) in [5.41, 5.74) is 1.70. The first-order chi connectivity index (χ1) is 13.4. The van der Waals surface area contributed by atoms with Crippen molar-refractivity contribution in [1.82, 2.24) is 20.2 Å². The molecule has 28 heavy (non-hydrogen) atoms. The van der Waals surface area contributed by atoms with Gasteiger partial charge in [-0.2, -0.15) is 5.10 Å². The number of carboxylic acids is 1. The second-order valence-electron chi connectivity index (χ2n) is 7.43. The highest BCUT2D eigenvalue weighted by atomic mass is 16.4. The first-order valence-electron chi connectivity index (χ1n) is 8.85. The number of aliphatic carboxylic acids is 1. The van der Waals surface area contributed by atoms with Crippen LogP contribution in [0.5, 0.6) is 0 Å². The van der Waals surface area contributed by atoms with Crippen LogP contribution < -0.4 is 5.32 Å². The summed E-state index contributed by atoms with van der Waals surface area (Å²) in [4.78, 5) is 32.2. The molecule has 0 saturated heterocycles. The lowest BCUT2D eigenvalue weighted by atomic mass is 10.1. The molecule has 0 radical (unpaired) electrons. The van der Waals surface area contributed by atoms with Crippen LogP contribution in [0.15, 0.2) is 48.8 Å². The second-order valence-corrected chi connectivity index (χ2v) is 7.43. The van der Waals surface area contributed by atoms with Gasteiger partial charge in [-0.15, -0.1) is 0 Å². The summed E-state index contributed by atoms with van der Waals surface area (Å²) in [7, 11) is 0. The summed E-state index contributed by atoms with van der Waals surface area (Å²) in [5.74, 6) is -1.23. The Balaban J connectivity index is 1.46. The van der Waals surface area contributed by atoms with Gasteiger partial charge in [-0.05, 0) is 41.8 Å². The van der Waals surface area contributed by atoms with E-state index in [9.17, 15) is 14.7 Å². The van der Waals surface area contributed by atoms with Crippen LogP contribution in [0.3, 0.4) is 0 Å². The molecule has 4 rings (SSSR count). The zero-order valence-electron chi connectivity index (χ0n) is 15.4. The van der Waals surface area contributed by atoms with Crippen LogP contribution in [0, 0.1) is 17.3 Å². The van der Waals surface area contributed by atoms with Crippen LogP contribution in [-0.2, 0) is 9.59 Å². The van der Waals surface area contributed by atoms with Gasteiger partial charge in [-0.3, -0.25) is 19.7 Å². The van der Waals surface area contributed by atoms with Crippen molar-refractivity contribution in [1.29, 1.82) is 0 Å². The molecule has 0 spiro atoms. The molecule has 1 fully saturated rings. The summed E-state index contributed by atoms with van der Waals surface area (Å²) in [5, 5.41) is 19.1. The summed E-state index contributed by atoms with van der Waals surface area (Å²) in [6, 6.07) is 10.8. The zero-order valence-corrected chi connectivity index (χ0v) is 15.4. The van der Waals surface area contributed by atoms with Crippen molar-refractivity contribution in [2.45, 2.75) is 13.8 Å². The van der Waals surface area contributed by atoms with Crippen molar-refractivity contribution in [3.8, 4) is 22.8 Å². The number of nitrogens with zero attached hydrogens (tertiary/aromatic N) is 3. The second kappa shape index (κ2) is 6.56. The minimum atomic E-state index is -0.935. The minimum Gasteiger partial charge on any atom is -0.481 e. The van der Waals surface area contributed by atoms with E-state index in [0.29, 0.717) is 17.3 Å². The number of anilines is 1. The third kappa shape index (κ3) is 3.13. The Kier molecular flexibility index (Phi) is 4.18. The van der Waals surface area contributed by atoms with Crippen LogP contribution in [0.25, 0.3) is 22.8 Å². The highest BCUT2D eigenvalue weighted by molar-refractivity contribution is 5.99. The van der Waals surface area contributed by atoms with E-state index < -0.39 is 23.2 Å². The van der Waals surface area contributed by atoms with Gasteiger partial charge >= 0.3 is 5.97 Å². The predicted molar refractivity (Wildman–Crippen MR) is 102 cm³/mol. The third-order valence-electron chi connectivity index (χ3n) is 5.21. The number of carbonyl (C=O) groups excluding carboxylic acids is 1. The fourth-order valence-electron chi connectivity index (χ4n) is 3.53. The zero-order chi connectivity index (χ0) is 19.9. The van der Waals surface area contributed by atoms with E-state index in [1.54, 1.807) is 38.4 Å². The van der Waals surface area contributed by atoms with Gasteiger partial charge < -0.3 is 10.4 Å². The van der Waals surface area contributed by atoms with Gasteiger partial charge in [-0.1, -0.05) is 13.8 Å². The van der Waals surface area contributed by atoms with E-state index in [0.717, 1.165) is 11.1 Å². The van der Waals surface area contributed by atoms with Crippen molar-refractivity contribution in [3.63, 3.8) is 0 Å². The number of nitrogens with one attached hydrogen (secondary N) is 2. The molecule has 1 saturated carbocycles. The Hall–Kier alpha value is -3.55. The maximum Gasteiger partial charge on any atom is 0.307 e. The maximum absolute atomic E-state index is 12.4. The number of carbonyl (C=O) groups is 2. The molecule has 0 aliphatic heterocycles. The number of H-pyrrole nitrogens is 1. The van der Waals surface area contributed by atoms with Crippen LogP contribution in [0.2, 0.25) is 0 Å². The maximum atomic E-state index is 12.4. The normalized spacial score (nSPS) is 19.8. The minimum absolute atomic E-state index is 0.274. The van der Waals surface area contributed by atoms with Crippen molar-refractivity contribution in [2.75, 3.05) is 5.32 Å². The summed E-state index contributed by atoms with van der Waals surface area (Å²) >= 11 is 0. The van der Waals surface area contributed by atoms with Gasteiger partial charge in [0.25, 0.3) is 0 Å². The van der Waals surface area contributed by atoms with Gasteiger partial charge in [0.1, 0.15) is 0 Å². The van der Waals surface area contributed by atoms with Gasteiger partial charge in [0.2, 0.25) is 5.91 Å². The first-order valence-corrected chi connectivity index (χ1v) is 8.85. The van der Waals surface area contributed by atoms with Gasteiger partial charge in [-0.25, -0.2) is 4.98 Å². The molecule has 2 unspecified atom stereocenters. The number of rotatable bonds is 5. The average Bonchev–Trinajstić information content (AvgIpc) is 3.03. The van der Waals surface area contributed by atoms with Crippen LogP contribution in [0.1, 0.15) is 13.8 Å². The van der Waals surface area contributed by atoms with Gasteiger partial charge in [0.05, 0.1) is 11.8 Å². The van der Waals surface area contributed by atoms with Crippen molar-refractivity contribution >= 4 is 17.6 Å². The predicted octanol–water partition coefficient (Wildman–Crippen LogP) is 2.83. The highest BCUT2D eigenvalue weighted by Crippen LogP contribution is 2.58. The van der Waals surface area contributed by atoms with E-state index >= 15 is 0 Å². The number of benzene rings is 1. The first kappa shape index (κ1) is 17.8. The lowest BCUT2D eigenvalue weighted by Crippen LogP contribution is -2.17. The molecule has 3 aromatic rings. The Bertz CT molecular complexity index is 1030. The molecule has 2 heterocycles. The number of aromatic nitrogens is 4. The Morgan fingerprint density at radius 2 is 1.86 bits per heavy atom. The van der Waals surface area contributed by atoms with E-state index in [1.807, 2.05) is 24.3 Å². The number of carboxylic acid groups (broad SMARTS) is 1. The topological polar surface area (TPSA) is 121 Å². The molecule has 8 heteroatoms. The number of aromatic amines is 1. The van der Waals surface area contributed by atoms with Crippen molar-refractivity contribution < 1.29 is 14.7 Å². The SMILES string of the molecule is CC1(C)C(C(=O)O)C1C(=O)Nc1ccc(-c2nc(-c3cccnc3)n[nH]2)cc1. The molecule has 8 nitrogen and oxygen atoms in total. The molecule has 1 aliphatic rings. The van der Waals surface area contributed by atoms with E-state index in [2.05, 4.69) is 25.5 Å². The quantitative estimate of drug-likeness (QED) is 0.629. The molecule has 2 atom stereocenters. The number of pyridine rings is 1. The smallest absolute Gasteiger partial charge is 0.307 e. The van der Waals surface area contributed by atoms with Crippen LogP contribution in [-0.4, -0.2) is 37.1 Å². The van der Waals surface area contributed by atoms with Gasteiger partial charge in [0.15, 0.2) is 11.6 Å². The molecule has 1 aliphatic carbocycles. The van der Waals surface area contributed by atoms with E-state index in [1.165, 1.54) is 0 Å². The van der Waals surface area contributed by atoms with Crippen molar-refractivity contribution in [2.24, 2.45) is 17.3 Å². The summed E-state index contributed by atoms with van der Waals surface area (Å²) in [6.07, 6.45) is 3.38. The summed E-state index contributed by atoms with van der Waals surface area (Å²) < 4.78 is 0. The fraction of sp³-hybridized carbons (Fsp3) is 0.250. The third-order valence-corrected chi connectivity index (χ3v) is 5.21. The van der Waals surface area contributed by atoms with Crippen LogP contribution >= 0.6 is 0 Å². The van der Waals surface area contributed by atoms with E-state index in [-0.39, 0.29) is 5.91 Å². The number of hydrogen-bond acceptors (Lipinski definition) is 5. The molecule has 1 amide bonds. The van der Waals surface area contributed by atoms with E-state index in [4.69, 9.17) is 0 Å². The largest absolute Gasteiger partial charge is 0.481 e. The molecule has 1 aromatic carbocycles. The molecule has 0 bridgehead atoms. The average molecular weight is 377 g/mol. The van der Waals surface area contributed by atoms with Crippen LogP contribution in [0.4, 0.5) is 5.69 Å². The number of amides is 1. The monoisotopic (exact) mass is 377 g/mol. The lowest BCUT2D eigenvalue weighted by molar-refractivity contribution is -0.140. The highest BCUT2D eigenvalue weighted by Gasteiger charge is 2.65.